The molecule has 0 saturated heterocycles. The zero-order chi connectivity index (χ0) is 57.0. The Labute approximate surface area is 389 Å². The van der Waals surface area contributed by atoms with Crippen LogP contribution in [0.4, 0.5) is 149 Å². The minimum atomic E-state index is -8.85. The van der Waals surface area contributed by atoms with Gasteiger partial charge < -0.3 is 0 Å². The second kappa shape index (κ2) is 16.6. The molecule has 0 atom stereocenters. The minimum Gasteiger partial charge on any atom is -0.194 e. The van der Waals surface area contributed by atoms with E-state index < -0.39 is 118 Å². The van der Waals surface area contributed by atoms with Crippen molar-refractivity contribution >= 4 is 52.8 Å². The molecule has 0 aliphatic heterocycles. The quantitative estimate of drug-likeness (QED) is 0.0864. The van der Waals surface area contributed by atoms with Crippen LogP contribution in [-0.2, 0) is 11.8 Å². The summed E-state index contributed by atoms with van der Waals surface area (Å²) >= 11 is 1.98. The average Bonchev–Trinajstić information content (AvgIpc) is 3.93. The number of thiophene rings is 3. The molecule has 5 rings (SSSR count). The van der Waals surface area contributed by atoms with Gasteiger partial charge in [-0.3, -0.25) is 0 Å². The van der Waals surface area contributed by atoms with Crippen LogP contribution in [0.1, 0.15) is 11.1 Å². The monoisotopic (exact) mass is 1180 g/mol. The van der Waals surface area contributed by atoms with E-state index in [1.165, 1.54) is 0 Å². The van der Waals surface area contributed by atoms with Crippen LogP contribution >= 0.6 is 34.0 Å². The van der Waals surface area contributed by atoms with E-state index in [9.17, 15) is 149 Å². The van der Waals surface area contributed by atoms with Crippen LogP contribution in [0.15, 0.2) is 60.7 Å². The van der Waals surface area contributed by atoms with E-state index in [2.05, 4.69) is 0 Å². The summed E-state index contributed by atoms with van der Waals surface area (Å²) in [7, 11) is 0. The van der Waals surface area contributed by atoms with Gasteiger partial charge in [-0.1, -0.05) is 48.5 Å². The normalized spacial score (nSPS) is 15.8. The van der Waals surface area contributed by atoms with Crippen molar-refractivity contribution in [2.75, 3.05) is 0 Å². The average molecular weight is 1180 g/mol. The molecule has 0 radical (unpaired) electrons. The highest BCUT2D eigenvalue weighted by Crippen LogP contribution is 2.67. The van der Waals surface area contributed by atoms with Crippen LogP contribution in [0.5, 0.6) is 0 Å². The van der Waals surface area contributed by atoms with Gasteiger partial charge in [0.2, 0.25) is 0 Å². The topological polar surface area (TPSA) is 0 Å². The summed E-state index contributed by atoms with van der Waals surface area (Å²) in [6.07, 6.45) is -15.9. The number of halogens is 34. The smallest absolute Gasteiger partial charge is 0.194 e. The summed E-state index contributed by atoms with van der Waals surface area (Å²) in [4.78, 5) is -0.260. The molecule has 0 nitrogen and oxygen atoms in total. The van der Waals surface area contributed by atoms with Crippen LogP contribution in [0.2, 0.25) is 0 Å². The molecule has 0 aliphatic rings. The summed E-state index contributed by atoms with van der Waals surface area (Å²) in [6, 6.07) is 2.47. The first-order valence-corrected chi connectivity index (χ1v) is 20.1. The van der Waals surface area contributed by atoms with Gasteiger partial charge in [-0.15, -0.1) is 34.0 Å². The van der Waals surface area contributed by atoms with Gasteiger partial charge in [0.15, 0.2) is 0 Å². The summed E-state index contributed by atoms with van der Waals surface area (Å²) in [5.41, 5.74) is -5.83. The summed E-state index contributed by atoms with van der Waals surface area (Å²) in [5.74, 6) is -116. The van der Waals surface area contributed by atoms with Crippen molar-refractivity contribution in [3.05, 3.63) is 71.8 Å². The van der Waals surface area contributed by atoms with E-state index in [1.807, 2.05) is 0 Å². The summed E-state index contributed by atoms with van der Waals surface area (Å²) in [6.45, 7) is 0. The second-order valence-electron chi connectivity index (χ2n) is 14.9. The van der Waals surface area contributed by atoms with Gasteiger partial charge in [-0.05, 0) is 23.3 Å². The Morgan fingerprint density at radius 3 is 0.658 bits per heavy atom. The SMILES string of the molecule is FC(F)(F)C(F)(F)C(F)(F)C(F)(F)C(F)(F)C(F)(F)C(F)(F)C(F)(F)c1ccc(-c2cc3sc4cc(-c5ccc(C(F)(F)C(F)(F)C(F)(F)C(F)(F)C(F)(F)C(F)(F)C(F)(F)C(F)(F)F)cc5)sc4c3s2)cc1. The Bertz CT molecular complexity index is 2640. The molecule has 37 heteroatoms. The first-order valence-electron chi connectivity index (χ1n) is 17.7. The number of fused-ring (bicyclic) bond motifs is 3. The van der Waals surface area contributed by atoms with Crippen molar-refractivity contribution in [3.8, 4) is 20.9 Å². The second-order valence-corrected chi connectivity index (χ2v) is 18.1. The fourth-order valence-corrected chi connectivity index (χ4v) is 10.0. The number of alkyl halides is 34. The number of hydrogen-bond acceptors (Lipinski definition) is 3. The molecular weight excluding hydrogens is 1170 g/mol. The van der Waals surface area contributed by atoms with E-state index in [-0.39, 0.29) is 52.8 Å². The molecule has 5 aromatic rings. The lowest BCUT2D eigenvalue weighted by atomic mass is 9.87. The van der Waals surface area contributed by atoms with Crippen molar-refractivity contribution < 1.29 is 149 Å². The molecule has 3 aromatic heterocycles. The molecular formula is C36H10F34S3. The van der Waals surface area contributed by atoms with Crippen molar-refractivity contribution in [1.82, 2.24) is 0 Å². The molecule has 0 amide bonds. The standard InChI is InChI=1S/C36H10F34S3/c37-21(38,23(41,42)25(45,46)27(49,50)29(53,54)31(57,58)33(61,62)35(65,66)67)13-5-1-11(2-6-13)15-9-17-19(72-15)20-18(71-17)10-16(73-20)12-3-7-14(8-4-12)22(39,40)24(43,44)26(47,48)28(51,52)30(55,56)32(59,60)34(63,64)36(68,69)70/h1-10H. The highest BCUT2D eigenvalue weighted by molar-refractivity contribution is 7.40. The van der Waals surface area contributed by atoms with E-state index in [0.717, 1.165) is 23.5 Å². The Kier molecular flexibility index (Phi) is 13.5. The molecule has 410 valence electrons. The molecule has 0 bridgehead atoms. The van der Waals surface area contributed by atoms with Gasteiger partial charge in [0.05, 0.1) is 9.40 Å². The predicted molar refractivity (Wildman–Crippen MR) is 185 cm³/mol. The Morgan fingerprint density at radius 2 is 0.438 bits per heavy atom. The van der Waals surface area contributed by atoms with E-state index >= 15 is 0 Å². The van der Waals surface area contributed by atoms with Gasteiger partial charge in [0, 0.05) is 30.3 Å². The van der Waals surface area contributed by atoms with Crippen LogP contribution in [0, 0.1) is 0 Å². The van der Waals surface area contributed by atoms with Crippen LogP contribution in [0.25, 0.3) is 39.7 Å². The minimum absolute atomic E-state index is 0.129. The molecule has 3 heterocycles. The van der Waals surface area contributed by atoms with Gasteiger partial charge in [-0.25, -0.2) is 0 Å². The maximum atomic E-state index is 14.9. The predicted octanol–water partition coefficient (Wildman–Crippen LogP) is 18.4. The van der Waals surface area contributed by atoms with Crippen molar-refractivity contribution in [2.24, 2.45) is 0 Å². The molecule has 2 aromatic carbocycles. The maximum absolute atomic E-state index is 14.9. The third-order valence-corrected chi connectivity index (χ3v) is 14.2. The molecule has 0 N–H and O–H groups in total. The molecule has 0 unspecified atom stereocenters. The summed E-state index contributed by atoms with van der Waals surface area (Å²) in [5, 5.41) is 0. The Hall–Kier alpha value is -4.32. The zero-order valence-corrected chi connectivity index (χ0v) is 35.3. The number of benzene rings is 2. The lowest BCUT2D eigenvalue weighted by Gasteiger charge is -2.42. The highest BCUT2D eigenvalue weighted by atomic mass is 32.1. The van der Waals surface area contributed by atoms with Crippen molar-refractivity contribution in [1.29, 1.82) is 0 Å². The van der Waals surface area contributed by atoms with Crippen molar-refractivity contribution in [2.45, 2.75) is 95.3 Å². The van der Waals surface area contributed by atoms with Crippen LogP contribution < -0.4 is 0 Å². The van der Waals surface area contributed by atoms with Crippen molar-refractivity contribution in [3.63, 3.8) is 0 Å². The van der Waals surface area contributed by atoms with Crippen LogP contribution in [-0.4, -0.2) is 83.4 Å². The molecule has 0 spiro atoms. The number of hydrogen-bond donors (Lipinski definition) is 0. The third-order valence-electron chi connectivity index (χ3n) is 10.3. The molecule has 0 aliphatic carbocycles. The van der Waals surface area contributed by atoms with Gasteiger partial charge in [0.1, 0.15) is 0 Å². The third kappa shape index (κ3) is 7.78. The summed E-state index contributed by atoms with van der Waals surface area (Å²) < 4.78 is 468. The molecule has 73 heavy (non-hydrogen) atoms. The first-order chi connectivity index (χ1) is 32.1. The maximum Gasteiger partial charge on any atom is 0.460 e. The molecule has 0 saturated carbocycles. The van der Waals surface area contributed by atoms with Gasteiger partial charge in [0.25, 0.3) is 0 Å². The van der Waals surface area contributed by atoms with E-state index in [1.54, 1.807) is 0 Å². The van der Waals surface area contributed by atoms with Crippen LogP contribution in [0.3, 0.4) is 0 Å². The Morgan fingerprint density at radius 1 is 0.233 bits per heavy atom. The lowest BCUT2D eigenvalue weighted by molar-refractivity contribution is -0.462. The fraction of sp³-hybridized carbons (Fsp3) is 0.444. The Balaban J connectivity index is 1.42. The van der Waals surface area contributed by atoms with Gasteiger partial charge in [-0.2, -0.15) is 149 Å². The fourth-order valence-electron chi connectivity index (χ4n) is 6.00. The zero-order valence-electron chi connectivity index (χ0n) is 32.8. The molecule has 0 fully saturated rings. The first kappa shape index (κ1) is 59.6. The van der Waals surface area contributed by atoms with E-state index in [0.29, 0.717) is 46.9 Å². The highest BCUT2D eigenvalue weighted by Gasteiger charge is 2.97. The largest absolute Gasteiger partial charge is 0.460 e. The lowest BCUT2D eigenvalue weighted by Crippen LogP contribution is -2.74. The number of rotatable bonds is 16. The van der Waals surface area contributed by atoms with E-state index in [4.69, 9.17) is 0 Å². The van der Waals surface area contributed by atoms with Gasteiger partial charge >= 0.3 is 95.3 Å².